The average Bonchev–Trinajstić information content (AvgIpc) is 2.91. The van der Waals surface area contributed by atoms with Crippen molar-refractivity contribution in [1.29, 1.82) is 0 Å². The summed E-state index contributed by atoms with van der Waals surface area (Å²) >= 11 is 0. The van der Waals surface area contributed by atoms with E-state index in [1.54, 1.807) is 12.1 Å². The molecule has 21 heavy (non-hydrogen) atoms. The Bertz CT molecular complexity index is 708. The quantitative estimate of drug-likeness (QED) is 0.736. The highest BCUT2D eigenvalue weighted by Crippen LogP contribution is 2.11. The maximum absolute atomic E-state index is 12.2. The standard InChI is InChI=1S/C13H15N3O4S/c1-9-2-4-11(5-3-9)21(19,20)16-12(13(17)18)6-10-7-14-8-15-10/h2-5,7-8,12,16H,6H2,1H3,(H,14,15)(H,17,18)/p-1/t12-/m0/s1. The van der Waals surface area contributed by atoms with Crippen LogP contribution >= 0.6 is 0 Å². The summed E-state index contributed by atoms with van der Waals surface area (Å²) < 4.78 is 26.4. The first kappa shape index (κ1) is 15.2. The molecular formula is C13H14N3O4S-. The molecule has 7 nitrogen and oxygen atoms in total. The second-order valence-corrected chi connectivity index (χ2v) is 6.30. The van der Waals surface area contributed by atoms with E-state index in [0.717, 1.165) is 5.56 Å². The first-order valence-electron chi connectivity index (χ1n) is 6.15. The number of aliphatic carboxylic acids is 1. The van der Waals surface area contributed by atoms with Gasteiger partial charge in [0.25, 0.3) is 0 Å². The predicted molar refractivity (Wildman–Crippen MR) is 72.6 cm³/mol. The third kappa shape index (κ3) is 3.89. The molecule has 0 bridgehead atoms. The first-order valence-corrected chi connectivity index (χ1v) is 7.64. The summed E-state index contributed by atoms with van der Waals surface area (Å²) in [5, 5.41) is 11.1. The fraction of sp³-hybridized carbons (Fsp3) is 0.231. The Kier molecular flexibility index (Phi) is 4.39. The summed E-state index contributed by atoms with van der Waals surface area (Å²) in [6.45, 7) is 1.83. The molecule has 0 unspecified atom stereocenters. The zero-order chi connectivity index (χ0) is 15.5. The lowest BCUT2D eigenvalue weighted by atomic mass is 10.2. The number of aromatic nitrogens is 2. The number of imidazole rings is 1. The van der Waals surface area contributed by atoms with Gasteiger partial charge in [0.2, 0.25) is 10.0 Å². The van der Waals surface area contributed by atoms with Crippen molar-refractivity contribution in [1.82, 2.24) is 14.7 Å². The number of carboxylic acid groups (broad SMARTS) is 1. The van der Waals surface area contributed by atoms with E-state index in [-0.39, 0.29) is 11.3 Å². The van der Waals surface area contributed by atoms with E-state index in [1.165, 1.54) is 24.7 Å². The predicted octanol–water partition coefficient (Wildman–Crippen LogP) is -0.642. The normalized spacial score (nSPS) is 13.0. The Morgan fingerprint density at radius 2 is 2.05 bits per heavy atom. The van der Waals surface area contributed by atoms with E-state index in [2.05, 4.69) is 14.7 Å². The Labute approximate surface area is 122 Å². The smallest absolute Gasteiger partial charge is 0.241 e. The lowest BCUT2D eigenvalue weighted by molar-refractivity contribution is -0.307. The Balaban J connectivity index is 2.19. The van der Waals surface area contributed by atoms with E-state index in [1.807, 2.05) is 6.92 Å². The second-order valence-electron chi connectivity index (χ2n) is 4.59. The Morgan fingerprint density at radius 3 is 2.57 bits per heavy atom. The molecule has 1 heterocycles. The molecule has 0 aliphatic rings. The topological polar surface area (TPSA) is 115 Å². The molecule has 0 fully saturated rings. The zero-order valence-electron chi connectivity index (χ0n) is 11.2. The van der Waals surface area contributed by atoms with Crippen LogP contribution in [0.15, 0.2) is 41.7 Å². The van der Waals surface area contributed by atoms with Crippen molar-refractivity contribution in [3.63, 3.8) is 0 Å². The molecule has 112 valence electrons. The molecule has 0 radical (unpaired) electrons. The third-order valence-electron chi connectivity index (χ3n) is 2.89. The van der Waals surface area contributed by atoms with Crippen molar-refractivity contribution in [3.05, 3.63) is 48.0 Å². The number of hydrogen-bond donors (Lipinski definition) is 2. The first-order chi connectivity index (χ1) is 9.88. The van der Waals surface area contributed by atoms with E-state index in [0.29, 0.717) is 5.69 Å². The number of hydrogen-bond acceptors (Lipinski definition) is 5. The molecule has 1 aromatic heterocycles. The van der Waals surface area contributed by atoms with Crippen molar-refractivity contribution in [2.24, 2.45) is 0 Å². The van der Waals surface area contributed by atoms with Crippen molar-refractivity contribution in [2.45, 2.75) is 24.3 Å². The van der Waals surface area contributed by atoms with Crippen molar-refractivity contribution in [3.8, 4) is 0 Å². The second kappa shape index (κ2) is 6.06. The number of benzene rings is 1. The van der Waals surface area contributed by atoms with Crippen LogP contribution in [-0.4, -0.2) is 30.4 Å². The summed E-state index contributed by atoms with van der Waals surface area (Å²) in [5.41, 5.74) is 1.40. The molecule has 8 heteroatoms. The van der Waals surface area contributed by atoms with Crippen LogP contribution in [0.4, 0.5) is 0 Å². The largest absolute Gasteiger partial charge is 0.548 e. The van der Waals surface area contributed by atoms with Crippen LogP contribution < -0.4 is 9.83 Å². The lowest BCUT2D eigenvalue weighted by Crippen LogP contribution is -2.49. The van der Waals surface area contributed by atoms with Gasteiger partial charge in [-0.15, -0.1) is 0 Å². The third-order valence-corrected chi connectivity index (χ3v) is 4.38. The number of rotatable bonds is 6. The number of aromatic amines is 1. The summed E-state index contributed by atoms with van der Waals surface area (Å²) in [7, 11) is -3.93. The Hall–Kier alpha value is -2.19. The number of aryl methyl sites for hydroxylation is 1. The van der Waals surface area contributed by atoms with Gasteiger partial charge < -0.3 is 14.9 Å². The molecule has 1 atom stereocenters. The number of carbonyl (C=O) groups is 1. The number of sulfonamides is 1. The van der Waals surface area contributed by atoms with Crippen molar-refractivity contribution in [2.75, 3.05) is 0 Å². The van der Waals surface area contributed by atoms with Crippen LogP contribution in [0, 0.1) is 6.92 Å². The zero-order valence-corrected chi connectivity index (χ0v) is 12.1. The van der Waals surface area contributed by atoms with Crippen LogP contribution in [-0.2, 0) is 21.2 Å². The molecule has 2 aromatic rings. The highest BCUT2D eigenvalue weighted by atomic mass is 32.2. The molecular weight excluding hydrogens is 294 g/mol. The number of carboxylic acids is 1. The average molecular weight is 308 g/mol. The highest BCUT2D eigenvalue weighted by Gasteiger charge is 2.21. The van der Waals surface area contributed by atoms with Crippen LogP contribution in [0.25, 0.3) is 0 Å². The summed E-state index contributed by atoms with van der Waals surface area (Å²) in [6, 6.07) is 4.73. The van der Waals surface area contributed by atoms with Crippen LogP contribution in [0.3, 0.4) is 0 Å². The summed E-state index contributed by atoms with van der Waals surface area (Å²) in [4.78, 5) is 17.6. The van der Waals surface area contributed by atoms with Gasteiger partial charge in [0.1, 0.15) is 0 Å². The lowest BCUT2D eigenvalue weighted by Gasteiger charge is -2.19. The Morgan fingerprint density at radius 1 is 1.38 bits per heavy atom. The minimum atomic E-state index is -3.93. The van der Waals surface area contributed by atoms with Gasteiger partial charge in [-0.2, -0.15) is 0 Å². The fourth-order valence-corrected chi connectivity index (χ4v) is 2.95. The van der Waals surface area contributed by atoms with Gasteiger partial charge in [-0.3, -0.25) is 0 Å². The molecule has 0 spiro atoms. The van der Waals surface area contributed by atoms with Gasteiger partial charge in [0, 0.05) is 18.3 Å². The van der Waals surface area contributed by atoms with Crippen molar-refractivity contribution >= 4 is 16.0 Å². The highest BCUT2D eigenvalue weighted by molar-refractivity contribution is 7.89. The maximum atomic E-state index is 12.2. The minimum Gasteiger partial charge on any atom is -0.548 e. The van der Waals surface area contributed by atoms with E-state index >= 15 is 0 Å². The van der Waals surface area contributed by atoms with Crippen LogP contribution in [0.5, 0.6) is 0 Å². The van der Waals surface area contributed by atoms with Gasteiger partial charge in [-0.1, -0.05) is 17.7 Å². The van der Waals surface area contributed by atoms with Crippen molar-refractivity contribution < 1.29 is 18.3 Å². The number of carbonyl (C=O) groups excluding carboxylic acids is 1. The van der Waals surface area contributed by atoms with Crippen LogP contribution in [0.1, 0.15) is 11.3 Å². The van der Waals surface area contributed by atoms with Gasteiger partial charge in [-0.05, 0) is 19.1 Å². The molecule has 0 amide bonds. The SMILES string of the molecule is Cc1ccc(S(=O)(=O)N[C@@H](Cc2cnc[nH]2)C(=O)[O-])cc1. The number of nitrogens with zero attached hydrogens (tertiary/aromatic N) is 1. The van der Waals surface area contributed by atoms with E-state index < -0.39 is 22.0 Å². The minimum absolute atomic E-state index is 0.00367. The summed E-state index contributed by atoms with van der Waals surface area (Å²) in [5.74, 6) is -1.50. The molecule has 1 aromatic carbocycles. The number of nitrogens with one attached hydrogen (secondary N) is 2. The molecule has 0 saturated heterocycles. The van der Waals surface area contributed by atoms with Gasteiger partial charge in [-0.25, -0.2) is 18.1 Å². The van der Waals surface area contributed by atoms with Gasteiger partial charge >= 0.3 is 0 Å². The molecule has 0 aliphatic heterocycles. The van der Waals surface area contributed by atoms with E-state index in [9.17, 15) is 18.3 Å². The molecule has 2 N–H and O–H groups in total. The molecule has 0 saturated carbocycles. The van der Waals surface area contributed by atoms with Gasteiger partial charge in [0.15, 0.2) is 0 Å². The van der Waals surface area contributed by atoms with Crippen LogP contribution in [0.2, 0.25) is 0 Å². The number of H-pyrrole nitrogens is 1. The fourth-order valence-electron chi connectivity index (χ4n) is 1.76. The van der Waals surface area contributed by atoms with E-state index in [4.69, 9.17) is 0 Å². The maximum Gasteiger partial charge on any atom is 0.241 e. The molecule has 2 rings (SSSR count). The molecule has 0 aliphatic carbocycles. The summed E-state index contributed by atoms with van der Waals surface area (Å²) in [6.07, 6.45) is 2.74. The van der Waals surface area contributed by atoms with Gasteiger partial charge in [0.05, 0.1) is 23.2 Å². The monoisotopic (exact) mass is 308 g/mol.